The molecule has 2 nitrogen and oxygen atoms in total. The van der Waals surface area contributed by atoms with E-state index in [-0.39, 0.29) is 0 Å². The summed E-state index contributed by atoms with van der Waals surface area (Å²) in [7, 11) is 0. The van der Waals surface area contributed by atoms with E-state index >= 15 is 0 Å². The van der Waals surface area contributed by atoms with Crippen molar-refractivity contribution in [2.24, 2.45) is 5.92 Å². The summed E-state index contributed by atoms with van der Waals surface area (Å²) in [4.78, 5) is 8.71. The molecule has 100 valence electrons. The van der Waals surface area contributed by atoms with Crippen LogP contribution >= 0.6 is 11.6 Å². The lowest BCUT2D eigenvalue weighted by atomic mass is 9.99. The Labute approximate surface area is 119 Å². The van der Waals surface area contributed by atoms with Crippen LogP contribution in [0.3, 0.4) is 0 Å². The lowest BCUT2D eigenvalue weighted by Crippen LogP contribution is -1.98. The Morgan fingerprint density at radius 3 is 2.58 bits per heavy atom. The van der Waals surface area contributed by atoms with Crippen molar-refractivity contribution in [3.63, 3.8) is 0 Å². The minimum absolute atomic E-state index is 0.539. The van der Waals surface area contributed by atoms with Crippen molar-refractivity contribution < 1.29 is 0 Å². The van der Waals surface area contributed by atoms with E-state index in [1.807, 2.05) is 13.8 Å². The smallest absolute Gasteiger partial charge is 0.136 e. The van der Waals surface area contributed by atoms with Crippen LogP contribution in [0.15, 0.2) is 24.3 Å². The maximum absolute atomic E-state index is 6.14. The molecule has 3 heteroatoms. The maximum atomic E-state index is 6.14. The monoisotopic (exact) mass is 274 g/mol. The van der Waals surface area contributed by atoms with Gasteiger partial charge in [0.05, 0.1) is 5.69 Å². The number of nitrogens with zero attached hydrogens (tertiary/aromatic N) is 2. The molecule has 0 amide bonds. The molecule has 0 aliphatic rings. The number of aryl methyl sites for hydroxylation is 1. The summed E-state index contributed by atoms with van der Waals surface area (Å²) in [5, 5.41) is 0.539. The minimum Gasteiger partial charge on any atom is -0.233 e. The maximum Gasteiger partial charge on any atom is 0.136 e. The Hall–Kier alpha value is -1.41. The van der Waals surface area contributed by atoms with E-state index in [1.165, 1.54) is 5.56 Å². The van der Waals surface area contributed by atoms with E-state index in [0.29, 0.717) is 16.9 Å². The van der Waals surface area contributed by atoms with Crippen molar-refractivity contribution >= 4 is 11.6 Å². The van der Waals surface area contributed by atoms with Gasteiger partial charge in [-0.1, -0.05) is 43.6 Å². The number of hydrogen-bond donors (Lipinski definition) is 0. The van der Waals surface area contributed by atoms with E-state index < -0.39 is 0 Å². The molecule has 19 heavy (non-hydrogen) atoms. The van der Waals surface area contributed by atoms with Crippen LogP contribution in [0.5, 0.6) is 0 Å². The zero-order valence-electron chi connectivity index (χ0n) is 11.9. The van der Waals surface area contributed by atoms with Gasteiger partial charge >= 0.3 is 0 Å². The summed E-state index contributed by atoms with van der Waals surface area (Å²) >= 11 is 6.14. The van der Waals surface area contributed by atoms with Gasteiger partial charge in [-0.15, -0.1) is 0 Å². The van der Waals surface area contributed by atoms with Crippen molar-refractivity contribution in [3.8, 4) is 11.3 Å². The third-order valence-corrected chi connectivity index (χ3v) is 3.41. The Morgan fingerprint density at radius 2 is 1.89 bits per heavy atom. The van der Waals surface area contributed by atoms with Crippen molar-refractivity contribution in [3.05, 3.63) is 46.4 Å². The van der Waals surface area contributed by atoms with Crippen LogP contribution < -0.4 is 0 Å². The van der Waals surface area contributed by atoms with Crippen molar-refractivity contribution in [2.75, 3.05) is 0 Å². The highest BCUT2D eigenvalue weighted by molar-refractivity contribution is 6.30. The second-order valence-corrected chi connectivity index (χ2v) is 5.69. The number of rotatable bonds is 3. The van der Waals surface area contributed by atoms with E-state index in [0.717, 1.165) is 23.2 Å². The Bertz CT molecular complexity index is 591. The second kappa shape index (κ2) is 5.70. The van der Waals surface area contributed by atoms with Gasteiger partial charge in [-0.25, -0.2) is 9.97 Å². The number of hydrogen-bond acceptors (Lipinski definition) is 2. The lowest BCUT2D eigenvalue weighted by Gasteiger charge is -2.10. The molecule has 0 N–H and O–H groups in total. The molecule has 0 saturated carbocycles. The standard InChI is InChI=1S/C16H19ClN2/c1-10(2)8-13-6-5-7-14(9-13)15-11(3)16(17)19-12(4)18-15/h5-7,9-10H,8H2,1-4H3. The summed E-state index contributed by atoms with van der Waals surface area (Å²) in [6, 6.07) is 8.52. The summed E-state index contributed by atoms with van der Waals surface area (Å²) < 4.78 is 0. The van der Waals surface area contributed by atoms with E-state index in [2.05, 4.69) is 48.1 Å². The number of benzene rings is 1. The zero-order valence-corrected chi connectivity index (χ0v) is 12.6. The lowest BCUT2D eigenvalue weighted by molar-refractivity contribution is 0.647. The molecule has 0 unspecified atom stereocenters. The van der Waals surface area contributed by atoms with Gasteiger partial charge in [-0.2, -0.15) is 0 Å². The van der Waals surface area contributed by atoms with Gasteiger partial charge in [0.2, 0.25) is 0 Å². The predicted octanol–water partition coefficient (Wildman–Crippen LogP) is 4.61. The predicted molar refractivity (Wildman–Crippen MR) is 80.5 cm³/mol. The molecule has 0 aliphatic carbocycles. The fourth-order valence-electron chi connectivity index (χ4n) is 2.19. The molecule has 2 aromatic rings. The van der Waals surface area contributed by atoms with Crippen molar-refractivity contribution in [1.29, 1.82) is 0 Å². The molecule has 0 radical (unpaired) electrons. The summed E-state index contributed by atoms with van der Waals surface area (Å²) in [6.07, 6.45) is 1.07. The average Bonchev–Trinajstić information content (AvgIpc) is 2.33. The first-order valence-electron chi connectivity index (χ1n) is 6.57. The molecule has 0 bridgehead atoms. The van der Waals surface area contributed by atoms with Crippen LogP contribution in [0.4, 0.5) is 0 Å². The van der Waals surface area contributed by atoms with Gasteiger partial charge in [-0.3, -0.25) is 0 Å². The van der Waals surface area contributed by atoms with Gasteiger partial charge < -0.3 is 0 Å². The molecule has 1 aromatic heterocycles. The SMILES string of the molecule is Cc1nc(Cl)c(C)c(-c2cccc(CC(C)C)c2)n1. The van der Waals surface area contributed by atoms with Crippen LogP contribution in [0.2, 0.25) is 5.15 Å². The first kappa shape index (κ1) is 14.0. The van der Waals surface area contributed by atoms with Crippen LogP contribution in [0, 0.1) is 19.8 Å². The molecule has 2 rings (SSSR count). The fourth-order valence-corrected chi connectivity index (χ4v) is 2.40. The highest BCUT2D eigenvalue weighted by Crippen LogP contribution is 2.26. The molecule has 1 heterocycles. The van der Waals surface area contributed by atoms with E-state index in [1.54, 1.807) is 0 Å². The average molecular weight is 275 g/mol. The first-order chi connectivity index (χ1) is 8.97. The fraction of sp³-hybridized carbons (Fsp3) is 0.375. The third-order valence-electron chi connectivity index (χ3n) is 3.04. The first-order valence-corrected chi connectivity index (χ1v) is 6.95. The molecule has 0 atom stereocenters. The van der Waals surface area contributed by atoms with Gasteiger partial charge in [0.25, 0.3) is 0 Å². The topological polar surface area (TPSA) is 25.8 Å². The Kier molecular flexibility index (Phi) is 4.20. The molecular formula is C16H19ClN2. The Balaban J connectivity index is 2.47. The Morgan fingerprint density at radius 1 is 1.16 bits per heavy atom. The van der Waals surface area contributed by atoms with Crippen LogP contribution in [-0.2, 0) is 6.42 Å². The van der Waals surface area contributed by atoms with Crippen LogP contribution in [0.25, 0.3) is 11.3 Å². The molecule has 0 aliphatic heterocycles. The van der Waals surface area contributed by atoms with Gasteiger partial charge in [-0.05, 0) is 37.8 Å². The van der Waals surface area contributed by atoms with Crippen molar-refractivity contribution in [1.82, 2.24) is 9.97 Å². The summed E-state index contributed by atoms with van der Waals surface area (Å²) in [6.45, 7) is 8.28. The summed E-state index contributed by atoms with van der Waals surface area (Å²) in [5.74, 6) is 1.35. The van der Waals surface area contributed by atoms with Gasteiger partial charge in [0.1, 0.15) is 11.0 Å². The summed E-state index contributed by atoms with van der Waals surface area (Å²) in [5.41, 5.74) is 4.32. The molecule has 0 saturated heterocycles. The molecule has 0 spiro atoms. The number of halogens is 1. The number of aromatic nitrogens is 2. The van der Waals surface area contributed by atoms with Crippen molar-refractivity contribution in [2.45, 2.75) is 34.1 Å². The molecule has 1 aromatic carbocycles. The van der Waals surface area contributed by atoms with E-state index in [4.69, 9.17) is 11.6 Å². The normalized spacial score (nSPS) is 11.1. The second-order valence-electron chi connectivity index (χ2n) is 5.33. The largest absolute Gasteiger partial charge is 0.233 e. The third kappa shape index (κ3) is 3.32. The zero-order chi connectivity index (χ0) is 14.0. The minimum atomic E-state index is 0.539. The van der Waals surface area contributed by atoms with Crippen LogP contribution in [0.1, 0.15) is 30.8 Å². The highest BCUT2D eigenvalue weighted by Gasteiger charge is 2.10. The highest BCUT2D eigenvalue weighted by atomic mass is 35.5. The van der Waals surface area contributed by atoms with Gasteiger partial charge in [0, 0.05) is 11.1 Å². The molecule has 0 fully saturated rings. The quantitative estimate of drug-likeness (QED) is 0.764. The van der Waals surface area contributed by atoms with Gasteiger partial charge in [0.15, 0.2) is 0 Å². The van der Waals surface area contributed by atoms with Crippen LogP contribution in [-0.4, -0.2) is 9.97 Å². The van der Waals surface area contributed by atoms with E-state index in [9.17, 15) is 0 Å². The molecular weight excluding hydrogens is 256 g/mol.